The summed E-state index contributed by atoms with van der Waals surface area (Å²) in [6.45, 7) is 8.70. The molecule has 0 radical (unpaired) electrons. The van der Waals surface area contributed by atoms with Gasteiger partial charge in [-0.25, -0.2) is 0 Å². The third kappa shape index (κ3) is 2.40. The molecule has 4 nitrogen and oxygen atoms in total. The molecule has 1 unspecified atom stereocenters. The summed E-state index contributed by atoms with van der Waals surface area (Å²) in [6.07, 6.45) is 3.19. The number of nitrogens with zero attached hydrogens (tertiary/aromatic N) is 2. The van der Waals surface area contributed by atoms with Crippen molar-refractivity contribution in [2.45, 2.75) is 32.7 Å². The van der Waals surface area contributed by atoms with Crippen molar-refractivity contribution >= 4 is 38.3 Å². The van der Waals surface area contributed by atoms with Gasteiger partial charge in [-0.1, -0.05) is 18.2 Å². The number of fused-ring (bicyclic) bond motifs is 2. The fourth-order valence-electron chi connectivity index (χ4n) is 4.68. The SMILES string of the molecule is CCN(CC)C(=O)C1C=C2c3cccc4[nH]c(Br)c(c34)C[C@@]2(C)N(C)C1. The molecule has 2 aliphatic rings. The monoisotopic (exact) mass is 415 g/mol. The number of likely N-dealkylation sites (N-methyl/N-ethyl adjacent to an activating group) is 1. The van der Waals surface area contributed by atoms with Crippen LogP contribution in [0, 0.1) is 5.92 Å². The van der Waals surface area contributed by atoms with E-state index in [4.69, 9.17) is 0 Å². The molecule has 1 aromatic carbocycles. The number of amides is 1. The summed E-state index contributed by atoms with van der Waals surface area (Å²) in [5.41, 5.74) is 4.97. The van der Waals surface area contributed by atoms with Crippen LogP contribution in [0.3, 0.4) is 0 Å². The van der Waals surface area contributed by atoms with Gasteiger partial charge >= 0.3 is 0 Å². The van der Waals surface area contributed by atoms with Gasteiger partial charge in [0, 0.05) is 36.1 Å². The molecule has 138 valence electrons. The Morgan fingerprint density at radius 2 is 2.12 bits per heavy atom. The molecule has 2 heterocycles. The first-order valence-electron chi connectivity index (χ1n) is 9.42. The molecule has 1 aliphatic heterocycles. The Hall–Kier alpha value is -1.59. The molecule has 1 amide bonds. The van der Waals surface area contributed by atoms with Crippen LogP contribution in [0.25, 0.3) is 16.5 Å². The predicted octanol–water partition coefficient (Wildman–Crippen LogP) is 4.06. The highest BCUT2D eigenvalue weighted by molar-refractivity contribution is 9.10. The molecule has 5 heteroatoms. The zero-order chi connectivity index (χ0) is 18.6. The van der Waals surface area contributed by atoms with Gasteiger partial charge in [0.25, 0.3) is 0 Å². The van der Waals surface area contributed by atoms with Crippen LogP contribution in [0.2, 0.25) is 0 Å². The Balaban J connectivity index is 1.88. The second-order valence-corrected chi connectivity index (χ2v) is 8.47. The quantitative estimate of drug-likeness (QED) is 0.820. The van der Waals surface area contributed by atoms with Gasteiger partial charge < -0.3 is 9.88 Å². The van der Waals surface area contributed by atoms with Gasteiger partial charge in [-0.2, -0.15) is 0 Å². The van der Waals surface area contributed by atoms with Crippen molar-refractivity contribution in [3.63, 3.8) is 0 Å². The van der Waals surface area contributed by atoms with Gasteiger partial charge in [-0.15, -0.1) is 0 Å². The molecule has 2 atom stereocenters. The summed E-state index contributed by atoms with van der Waals surface area (Å²) >= 11 is 3.72. The van der Waals surface area contributed by atoms with Crippen molar-refractivity contribution in [2.75, 3.05) is 26.7 Å². The molecule has 2 aromatic rings. The molecule has 0 saturated heterocycles. The number of rotatable bonds is 3. The number of carbonyl (C=O) groups is 1. The third-order valence-corrected chi connectivity index (χ3v) is 7.02. The molecule has 0 saturated carbocycles. The van der Waals surface area contributed by atoms with Gasteiger partial charge in [0.1, 0.15) is 0 Å². The van der Waals surface area contributed by atoms with E-state index >= 15 is 0 Å². The Kier molecular flexibility index (Phi) is 4.27. The normalized spacial score (nSPS) is 25.1. The van der Waals surface area contributed by atoms with Crippen LogP contribution in [-0.2, 0) is 11.2 Å². The van der Waals surface area contributed by atoms with Crippen molar-refractivity contribution < 1.29 is 4.79 Å². The predicted molar refractivity (Wildman–Crippen MR) is 110 cm³/mol. The summed E-state index contributed by atoms with van der Waals surface area (Å²) < 4.78 is 1.08. The molecule has 4 rings (SSSR count). The maximum absolute atomic E-state index is 13.0. The summed E-state index contributed by atoms with van der Waals surface area (Å²) in [4.78, 5) is 20.8. The number of hydrogen-bond donors (Lipinski definition) is 1. The summed E-state index contributed by atoms with van der Waals surface area (Å²) in [5.74, 6) is 0.159. The molecule has 1 aliphatic carbocycles. The summed E-state index contributed by atoms with van der Waals surface area (Å²) in [5, 5.41) is 1.30. The van der Waals surface area contributed by atoms with E-state index in [1.165, 1.54) is 22.1 Å². The second-order valence-electron chi connectivity index (χ2n) is 7.67. The van der Waals surface area contributed by atoms with E-state index in [0.717, 1.165) is 36.2 Å². The Bertz CT molecular complexity index is 911. The molecule has 26 heavy (non-hydrogen) atoms. The van der Waals surface area contributed by atoms with E-state index in [-0.39, 0.29) is 17.4 Å². The molecule has 1 aromatic heterocycles. The van der Waals surface area contributed by atoms with Gasteiger partial charge in [0.05, 0.1) is 10.5 Å². The minimum atomic E-state index is -0.0912. The van der Waals surface area contributed by atoms with Crippen molar-refractivity contribution in [3.05, 3.63) is 40.0 Å². The molecule has 0 bridgehead atoms. The summed E-state index contributed by atoms with van der Waals surface area (Å²) in [7, 11) is 2.15. The van der Waals surface area contributed by atoms with E-state index in [1.807, 2.05) is 4.90 Å². The molecule has 0 spiro atoms. The van der Waals surface area contributed by atoms with E-state index in [0.29, 0.717) is 0 Å². The lowest BCUT2D eigenvalue weighted by atomic mass is 9.71. The smallest absolute Gasteiger partial charge is 0.230 e. The number of nitrogens with one attached hydrogen (secondary N) is 1. The number of hydrogen-bond acceptors (Lipinski definition) is 2. The zero-order valence-corrected chi connectivity index (χ0v) is 17.5. The highest BCUT2D eigenvalue weighted by Gasteiger charge is 2.45. The Labute approximate surface area is 163 Å². The highest BCUT2D eigenvalue weighted by Crippen LogP contribution is 2.48. The molecule has 0 fully saturated rings. The van der Waals surface area contributed by atoms with E-state index in [1.54, 1.807) is 0 Å². The number of aromatic amines is 1. The average Bonchev–Trinajstić information content (AvgIpc) is 2.94. The third-order valence-electron chi connectivity index (χ3n) is 6.34. The molecule has 1 N–H and O–H groups in total. The fraction of sp³-hybridized carbons (Fsp3) is 0.476. The van der Waals surface area contributed by atoms with E-state index in [9.17, 15) is 4.79 Å². The minimum Gasteiger partial charge on any atom is -0.349 e. The zero-order valence-electron chi connectivity index (χ0n) is 15.9. The number of H-pyrrole nitrogens is 1. The van der Waals surface area contributed by atoms with Crippen LogP contribution in [0.1, 0.15) is 31.9 Å². The molecular formula is C21H26BrN3O. The van der Waals surface area contributed by atoms with Gasteiger partial charge in [0.2, 0.25) is 5.91 Å². The number of carbonyl (C=O) groups excluding carboxylic acids is 1. The number of benzene rings is 1. The first-order chi connectivity index (χ1) is 12.4. The standard InChI is InChI=1S/C21H26BrN3O/c1-5-25(6-2)20(26)13-10-16-14-8-7-9-17-18(14)15(19(22)23-17)11-21(16,3)24(4)12-13/h7-10,13,23H,5-6,11-12H2,1-4H3/t13?,21-/m1/s1. The maximum Gasteiger partial charge on any atom is 0.230 e. The van der Waals surface area contributed by atoms with E-state index < -0.39 is 0 Å². The summed E-state index contributed by atoms with van der Waals surface area (Å²) in [6, 6.07) is 6.43. The van der Waals surface area contributed by atoms with Gasteiger partial charge in [0.15, 0.2) is 0 Å². The lowest BCUT2D eigenvalue weighted by Crippen LogP contribution is -2.54. The maximum atomic E-state index is 13.0. The first kappa shape index (κ1) is 17.8. The van der Waals surface area contributed by atoms with Crippen LogP contribution in [-0.4, -0.2) is 52.9 Å². The lowest BCUT2D eigenvalue weighted by molar-refractivity contribution is -0.134. The average molecular weight is 416 g/mol. The molecular weight excluding hydrogens is 390 g/mol. The highest BCUT2D eigenvalue weighted by atomic mass is 79.9. The van der Waals surface area contributed by atoms with Crippen molar-refractivity contribution in [1.82, 2.24) is 14.8 Å². The van der Waals surface area contributed by atoms with Crippen LogP contribution < -0.4 is 0 Å². The van der Waals surface area contributed by atoms with Crippen LogP contribution in [0.4, 0.5) is 0 Å². The van der Waals surface area contributed by atoms with Gasteiger partial charge in [-0.3, -0.25) is 9.69 Å². The topological polar surface area (TPSA) is 39.3 Å². The Morgan fingerprint density at radius 3 is 2.81 bits per heavy atom. The van der Waals surface area contributed by atoms with Crippen molar-refractivity contribution in [1.29, 1.82) is 0 Å². The fourth-order valence-corrected chi connectivity index (χ4v) is 5.24. The van der Waals surface area contributed by atoms with E-state index in [2.05, 4.69) is 77.9 Å². The Morgan fingerprint density at radius 1 is 1.38 bits per heavy atom. The van der Waals surface area contributed by atoms with Crippen LogP contribution >= 0.6 is 15.9 Å². The van der Waals surface area contributed by atoms with Crippen LogP contribution in [0.15, 0.2) is 28.9 Å². The first-order valence-corrected chi connectivity index (χ1v) is 10.2. The number of halogens is 1. The largest absolute Gasteiger partial charge is 0.349 e. The van der Waals surface area contributed by atoms with Crippen molar-refractivity contribution in [3.8, 4) is 0 Å². The lowest BCUT2D eigenvalue weighted by Gasteiger charge is -2.48. The minimum absolute atomic E-state index is 0.0813. The number of aromatic nitrogens is 1. The van der Waals surface area contributed by atoms with Crippen LogP contribution in [0.5, 0.6) is 0 Å². The van der Waals surface area contributed by atoms with Crippen molar-refractivity contribution in [2.24, 2.45) is 5.92 Å². The van der Waals surface area contributed by atoms with Gasteiger partial charge in [-0.05, 0) is 72.9 Å². The second kappa shape index (κ2) is 6.24.